The standard InChI is InChI=1S/C11H8N2O2.Na/c14-11(15)10-9(12-6-7-13-10)8-4-2-1-3-5-8;/h1-7H,(H,14,15);/q;+1/p-1. The van der Waals surface area contributed by atoms with Crippen LogP contribution in [0.25, 0.3) is 11.3 Å². The molecule has 1 aromatic heterocycles. The summed E-state index contributed by atoms with van der Waals surface area (Å²) in [5, 5.41) is 10.8. The maximum Gasteiger partial charge on any atom is 1.00 e. The van der Waals surface area contributed by atoms with Crippen LogP contribution in [0.5, 0.6) is 0 Å². The molecule has 0 fully saturated rings. The Kier molecular flexibility index (Phi) is 4.61. The Morgan fingerprint density at radius 3 is 2.31 bits per heavy atom. The zero-order chi connectivity index (χ0) is 10.7. The van der Waals surface area contributed by atoms with Crippen LogP contribution in [0, 0.1) is 0 Å². The van der Waals surface area contributed by atoms with Gasteiger partial charge in [0.25, 0.3) is 0 Å². The van der Waals surface area contributed by atoms with E-state index in [0.717, 1.165) is 0 Å². The number of rotatable bonds is 2. The summed E-state index contributed by atoms with van der Waals surface area (Å²) in [5.41, 5.74) is 0.909. The summed E-state index contributed by atoms with van der Waals surface area (Å²) < 4.78 is 0. The van der Waals surface area contributed by atoms with Gasteiger partial charge >= 0.3 is 29.6 Å². The third-order valence-electron chi connectivity index (χ3n) is 1.94. The Hall–Kier alpha value is -1.23. The molecule has 0 aliphatic heterocycles. The van der Waals surface area contributed by atoms with Crippen molar-refractivity contribution in [2.45, 2.75) is 0 Å². The molecule has 0 radical (unpaired) electrons. The number of carbonyl (C=O) groups excluding carboxylic acids is 1. The van der Waals surface area contributed by atoms with Gasteiger partial charge in [-0.25, -0.2) is 0 Å². The van der Waals surface area contributed by atoms with Crippen LogP contribution in [0.15, 0.2) is 42.7 Å². The smallest absolute Gasteiger partial charge is 0.543 e. The van der Waals surface area contributed by atoms with Crippen molar-refractivity contribution in [3.63, 3.8) is 0 Å². The molecule has 4 nitrogen and oxygen atoms in total. The van der Waals surface area contributed by atoms with Crippen molar-refractivity contribution in [2.24, 2.45) is 0 Å². The van der Waals surface area contributed by atoms with Gasteiger partial charge in [0.05, 0.1) is 11.7 Å². The van der Waals surface area contributed by atoms with Crippen molar-refractivity contribution in [2.75, 3.05) is 0 Å². The molecule has 1 aromatic carbocycles. The summed E-state index contributed by atoms with van der Waals surface area (Å²) in [7, 11) is 0. The molecule has 16 heavy (non-hydrogen) atoms. The molecule has 0 amide bonds. The Morgan fingerprint density at radius 2 is 1.69 bits per heavy atom. The Labute approximate surface area is 115 Å². The van der Waals surface area contributed by atoms with Crippen molar-refractivity contribution in [1.29, 1.82) is 0 Å². The molecule has 2 aromatic rings. The number of aromatic carboxylic acids is 1. The fraction of sp³-hybridized carbons (Fsp3) is 0. The number of carbonyl (C=O) groups is 1. The summed E-state index contributed by atoms with van der Waals surface area (Å²) >= 11 is 0. The van der Waals surface area contributed by atoms with E-state index in [1.54, 1.807) is 12.1 Å². The fourth-order valence-corrected chi connectivity index (χ4v) is 1.29. The van der Waals surface area contributed by atoms with Crippen LogP contribution < -0.4 is 34.7 Å². The average molecular weight is 222 g/mol. The molecule has 0 unspecified atom stereocenters. The van der Waals surface area contributed by atoms with Gasteiger partial charge in [-0.3, -0.25) is 9.97 Å². The number of nitrogens with zero attached hydrogens (tertiary/aromatic N) is 2. The van der Waals surface area contributed by atoms with E-state index in [-0.39, 0.29) is 35.3 Å². The van der Waals surface area contributed by atoms with E-state index in [2.05, 4.69) is 9.97 Å². The molecule has 0 saturated carbocycles. The molecular formula is C11H7N2NaO2. The van der Waals surface area contributed by atoms with Gasteiger partial charge in [-0.05, 0) is 0 Å². The van der Waals surface area contributed by atoms with Gasteiger partial charge in [-0.15, -0.1) is 0 Å². The SMILES string of the molecule is O=C([O-])c1nccnc1-c1ccccc1.[Na+]. The van der Waals surface area contributed by atoms with E-state index >= 15 is 0 Å². The second-order valence-electron chi connectivity index (χ2n) is 2.91. The quantitative estimate of drug-likeness (QED) is 0.527. The van der Waals surface area contributed by atoms with E-state index in [1.807, 2.05) is 18.2 Å². The van der Waals surface area contributed by atoms with Crippen molar-refractivity contribution in [1.82, 2.24) is 9.97 Å². The van der Waals surface area contributed by atoms with E-state index in [1.165, 1.54) is 12.4 Å². The first-order valence-corrected chi connectivity index (χ1v) is 4.37. The van der Waals surface area contributed by atoms with Gasteiger partial charge in [0.15, 0.2) is 0 Å². The van der Waals surface area contributed by atoms with E-state index in [0.29, 0.717) is 11.3 Å². The molecule has 74 valence electrons. The Morgan fingerprint density at radius 1 is 1.06 bits per heavy atom. The average Bonchev–Trinajstić information content (AvgIpc) is 2.30. The number of carboxylic acid groups (broad SMARTS) is 1. The third-order valence-corrected chi connectivity index (χ3v) is 1.94. The molecule has 0 N–H and O–H groups in total. The first kappa shape index (κ1) is 12.8. The third kappa shape index (κ3) is 2.66. The molecule has 0 spiro atoms. The topological polar surface area (TPSA) is 65.9 Å². The van der Waals surface area contributed by atoms with Crippen LogP contribution in [0.4, 0.5) is 0 Å². The van der Waals surface area contributed by atoms with E-state index in [9.17, 15) is 9.90 Å². The van der Waals surface area contributed by atoms with Crippen LogP contribution >= 0.6 is 0 Å². The number of aromatic nitrogens is 2. The van der Waals surface area contributed by atoms with Gasteiger partial charge in [0, 0.05) is 18.0 Å². The molecule has 0 atom stereocenters. The first-order chi connectivity index (χ1) is 7.29. The molecular weight excluding hydrogens is 215 g/mol. The zero-order valence-corrected chi connectivity index (χ0v) is 10.8. The first-order valence-electron chi connectivity index (χ1n) is 4.37. The second kappa shape index (κ2) is 5.75. The summed E-state index contributed by atoms with van der Waals surface area (Å²) in [6, 6.07) is 9.01. The molecule has 2 rings (SSSR count). The summed E-state index contributed by atoms with van der Waals surface area (Å²) in [4.78, 5) is 18.5. The van der Waals surface area contributed by atoms with Gasteiger partial charge < -0.3 is 9.90 Å². The van der Waals surface area contributed by atoms with Crippen LogP contribution in [-0.2, 0) is 0 Å². The number of carboxylic acids is 1. The molecule has 0 aliphatic carbocycles. The minimum atomic E-state index is -1.32. The minimum Gasteiger partial charge on any atom is -0.543 e. The van der Waals surface area contributed by atoms with Crippen LogP contribution in [-0.4, -0.2) is 15.9 Å². The van der Waals surface area contributed by atoms with E-state index in [4.69, 9.17) is 0 Å². The summed E-state index contributed by atoms with van der Waals surface area (Å²) in [6.07, 6.45) is 2.78. The molecule has 5 heteroatoms. The predicted molar refractivity (Wildman–Crippen MR) is 51.8 cm³/mol. The Balaban J connectivity index is 0.00000128. The van der Waals surface area contributed by atoms with Crippen molar-refractivity contribution < 1.29 is 39.5 Å². The molecule has 0 aliphatic rings. The monoisotopic (exact) mass is 222 g/mol. The second-order valence-corrected chi connectivity index (χ2v) is 2.91. The van der Waals surface area contributed by atoms with Crippen molar-refractivity contribution >= 4 is 5.97 Å². The van der Waals surface area contributed by atoms with Crippen LogP contribution in [0.3, 0.4) is 0 Å². The normalized spacial score (nSPS) is 9.25. The number of benzene rings is 1. The van der Waals surface area contributed by atoms with Crippen molar-refractivity contribution in [3.05, 3.63) is 48.4 Å². The fourth-order valence-electron chi connectivity index (χ4n) is 1.29. The summed E-state index contributed by atoms with van der Waals surface area (Å²) in [6.45, 7) is 0. The zero-order valence-electron chi connectivity index (χ0n) is 8.75. The van der Waals surface area contributed by atoms with Gasteiger partial charge in [0.2, 0.25) is 0 Å². The predicted octanol–water partition coefficient (Wildman–Crippen LogP) is -2.49. The Bertz CT molecular complexity index is 488. The number of hydrogen-bond donors (Lipinski definition) is 0. The minimum absolute atomic E-state index is 0. The summed E-state index contributed by atoms with van der Waals surface area (Å²) in [5.74, 6) is -1.32. The van der Waals surface area contributed by atoms with Gasteiger partial charge in [-0.2, -0.15) is 0 Å². The maximum absolute atomic E-state index is 10.8. The van der Waals surface area contributed by atoms with Gasteiger partial charge in [-0.1, -0.05) is 30.3 Å². The van der Waals surface area contributed by atoms with Crippen LogP contribution in [0.1, 0.15) is 10.5 Å². The molecule has 0 saturated heterocycles. The van der Waals surface area contributed by atoms with Gasteiger partial charge in [0.1, 0.15) is 5.69 Å². The van der Waals surface area contributed by atoms with Crippen LogP contribution in [0.2, 0.25) is 0 Å². The van der Waals surface area contributed by atoms with E-state index < -0.39 is 5.97 Å². The largest absolute Gasteiger partial charge is 1.00 e. The molecule has 0 bridgehead atoms. The maximum atomic E-state index is 10.8. The number of hydrogen-bond acceptors (Lipinski definition) is 4. The molecule has 1 heterocycles. The van der Waals surface area contributed by atoms with Crippen molar-refractivity contribution in [3.8, 4) is 11.3 Å².